The third-order valence-electron chi connectivity index (χ3n) is 2.95. The average Bonchev–Trinajstić information content (AvgIpc) is 2.56. The maximum Gasteiger partial charge on any atom is 0.327 e. The number of carbonyl (C=O) groups is 2. The number of rotatable bonds is 6. The van der Waals surface area contributed by atoms with Crippen molar-refractivity contribution in [3.05, 3.63) is 0 Å². The normalized spacial score (nSPS) is 24.7. The summed E-state index contributed by atoms with van der Waals surface area (Å²) >= 11 is 0. The molecule has 1 aliphatic rings. The van der Waals surface area contributed by atoms with Gasteiger partial charge in [-0.05, 0) is 26.7 Å². The molecule has 0 spiro atoms. The highest BCUT2D eigenvalue weighted by molar-refractivity contribution is 7.85. The molecule has 0 radical (unpaired) electrons. The van der Waals surface area contributed by atoms with Gasteiger partial charge in [-0.25, -0.2) is 4.79 Å². The van der Waals surface area contributed by atoms with Crippen LogP contribution in [-0.2, 0) is 25.1 Å². The number of amides is 1. The predicted molar refractivity (Wildman–Crippen MR) is 71.3 cm³/mol. The minimum absolute atomic E-state index is 0.0881. The first-order chi connectivity index (χ1) is 8.69. The number of aliphatic carboxylic acids is 1. The Kier molecular flexibility index (Phi) is 5.49. The number of hydrogen-bond acceptors (Lipinski definition) is 4. The van der Waals surface area contributed by atoms with Gasteiger partial charge in [0.1, 0.15) is 6.04 Å². The lowest BCUT2D eigenvalue weighted by Crippen LogP contribution is -2.44. The van der Waals surface area contributed by atoms with Crippen LogP contribution in [0.25, 0.3) is 0 Å². The molecule has 19 heavy (non-hydrogen) atoms. The van der Waals surface area contributed by atoms with E-state index in [1.54, 1.807) is 0 Å². The zero-order valence-corrected chi connectivity index (χ0v) is 12.3. The van der Waals surface area contributed by atoms with Gasteiger partial charge in [0.2, 0.25) is 5.91 Å². The molecule has 6 nitrogen and oxygen atoms in total. The summed E-state index contributed by atoms with van der Waals surface area (Å²) in [7, 11) is -1.33. The molecular weight excluding hydrogens is 270 g/mol. The molecule has 0 aromatic carbocycles. The van der Waals surface area contributed by atoms with Crippen LogP contribution >= 0.6 is 0 Å². The SMILES string of the molecule is CC(=O)NC(CS(=O)CC1CCC(C)(C)O1)C(=O)O. The molecule has 1 heterocycles. The van der Waals surface area contributed by atoms with Crippen molar-refractivity contribution in [2.45, 2.75) is 51.4 Å². The van der Waals surface area contributed by atoms with Crippen molar-refractivity contribution in [3.63, 3.8) is 0 Å². The van der Waals surface area contributed by atoms with E-state index in [1.165, 1.54) is 6.92 Å². The number of hydrogen-bond donors (Lipinski definition) is 2. The van der Waals surface area contributed by atoms with Gasteiger partial charge in [0.25, 0.3) is 0 Å². The first kappa shape index (κ1) is 16.1. The fourth-order valence-electron chi connectivity index (χ4n) is 2.08. The summed E-state index contributed by atoms with van der Waals surface area (Å²) in [5, 5.41) is 11.2. The van der Waals surface area contributed by atoms with Crippen LogP contribution in [0.15, 0.2) is 0 Å². The lowest BCUT2D eigenvalue weighted by molar-refractivity contribution is -0.140. The van der Waals surface area contributed by atoms with Crippen LogP contribution in [0.1, 0.15) is 33.6 Å². The fraction of sp³-hybridized carbons (Fsp3) is 0.833. The first-order valence-corrected chi connectivity index (χ1v) is 7.71. The molecule has 0 bridgehead atoms. The molecular formula is C12H21NO5S. The Morgan fingerprint density at radius 2 is 2.16 bits per heavy atom. The number of carboxylic acids is 1. The standard InChI is InChI=1S/C12H21NO5S/c1-8(14)13-10(11(15)16)7-19(17)6-9-4-5-12(2,3)18-9/h9-10H,4-7H2,1-3H3,(H,13,14)(H,15,16). The largest absolute Gasteiger partial charge is 0.480 e. The average molecular weight is 291 g/mol. The van der Waals surface area contributed by atoms with Gasteiger partial charge in [0.05, 0.1) is 17.5 Å². The van der Waals surface area contributed by atoms with Crippen LogP contribution in [-0.4, -0.2) is 50.4 Å². The molecule has 2 N–H and O–H groups in total. The Morgan fingerprint density at radius 3 is 2.58 bits per heavy atom. The van der Waals surface area contributed by atoms with E-state index in [-0.39, 0.29) is 17.5 Å². The maximum absolute atomic E-state index is 11.9. The summed E-state index contributed by atoms with van der Waals surface area (Å²) in [6, 6.07) is -1.10. The molecule has 0 saturated carbocycles. The van der Waals surface area contributed by atoms with Crippen LogP contribution < -0.4 is 5.32 Å². The van der Waals surface area contributed by atoms with Crippen molar-refractivity contribution in [3.8, 4) is 0 Å². The summed E-state index contributed by atoms with van der Waals surface area (Å²) in [6.07, 6.45) is 1.64. The Labute approximate surface area is 115 Å². The van der Waals surface area contributed by atoms with Gasteiger partial charge in [0, 0.05) is 23.5 Å². The van der Waals surface area contributed by atoms with Crippen LogP contribution in [0.2, 0.25) is 0 Å². The molecule has 1 rings (SSSR count). The van der Waals surface area contributed by atoms with Crippen LogP contribution in [0, 0.1) is 0 Å². The second kappa shape index (κ2) is 6.47. The van der Waals surface area contributed by atoms with Crippen molar-refractivity contribution in [1.29, 1.82) is 0 Å². The summed E-state index contributed by atoms with van der Waals surface area (Å²) < 4.78 is 17.6. The van der Waals surface area contributed by atoms with E-state index >= 15 is 0 Å². The van der Waals surface area contributed by atoms with E-state index in [0.717, 1.165) is 12.8 Å². The first-order valence-electron chi connectivity index (χ1n) is 6.22. The molecule has 1 aliphatic heterocycles. The Morgan fingerprint density at radius 1 is 1.53 bits per heavy atom. The zero-order valence-electron chi connectivity index (χ0n) is 11.5. The highest BCUT2D eigenvalue weighted by Crippen LogP contribution is 2.29. The second-order valence-corrected chi connectivity index (χ2v) is 6.95. The zero-order chi connectivity index (χ0) is 14.6. The Hall–Kier alpha value is -0.950. The molecule has 0 aliphatic carbocycles. The Balaban J connectivity index is 2.45. The molecule has 1 amide bonds. The van der Waals surface area contributed by atoms with Gasteiger partial charge in [-0.15, -0.1) is 0 Å². The van der Waals surface area contributed by atoms with E-state index in [4.69, 9.17) is 9.84 Å². The highest BCUT2D eigenvalue weighted by atomic mass is 32.2. The summed E-state index contributed by atoms with van der Waals surface area (Å²) in [5.74, 6) is -1.39. The third kappa shape index (κ3) is 5.69. The summed E-state index contributed by atoms with van der Waals surface area (Å²) in [4.78, 5) is 21.8. The topological polar surface area (TPSA) is 92.7 Å². The molecule has 3 unspecified atom stereocenters. The van der Waals surface area contributed by atoms with Gasteiger partial charge in [0.15, 0.2) is 0 Å². The molecule has 1 fully saturated rings. The van der Waals surface area contributed by atoms with E-state index < -0.39 is 28.7 Å². The lowest BCUT2D eigenvalue weighted by Gasteiger charge is -2.19. The van der Waals surface area contributed by atoms with Crippen LogP contribution in [0.4, 0.5) is 0 Å². The molecule has 3 atom stereocenters. The second-order valence-electron chi connectivity index (χ2n) is 5.40. The van der Waals surface area contributed by atoms with Crippen LogP contribution in [0.3, 0.4) is 0 Å². The highest BCUT2D eigenvalue weighted by Gasteiger charge is 2.33. The number of ether oxygens (including phenoxy) is 1. The van der Waals surface area contributed by atoms with Crippen LogP contribution in [0.5, 0.6) is 0 Å². The van der Waals surface area contributed by atoms with Crippen molar-refractivity contribution >= 4 is 22.7 Å². The Bertz CT molecular complexity index is 382. The van der Waals surface area contributed by atoms with Crippen molar-refractivity contribution in [2.75, 3.05) is 11.5 Å². The van der Waals surface area contributed by atoms with Crippen molar-refractivity contribution in [2.24, 2.45) is 0 Å². The van der Waals surface area contributed by atoms with E-state index in [0.29, 0.717) is 5.75 Å². The maximum atomic E-state index is 11.9. The summed E-state index contributed by atoms with van der Waals surface area (Å²) in [5.41, 5.74) is -0.196. The van der Waals surface area contributed by atoms with Gasteiger partial charge >= 0.3 is 5.97 Å². The van der Waals surface area contributed by atoms with Gasteiger partial charge in [-0.3, -0.25) is 9.00 Å². The van der Waals surface area contributed by atoms with Gasteiger partial charge < -0.3 is 15.2 Å². The monoisotopic (exact) mass is 291 g/mol. The lowest BCUT2D eigenvalue weighted by atomic mass is 10.1. The molecule has 0 aromatic rings. The minimum atomic E-state index is -1.33. The molecule has 1 saturated heterocycles. The van der Waals surface area contributed by atoms with E-state index in [9.17, 15) is 13.8 Å². The quantitative estimate of drug-likeness (QED) is 0.733. The minimum Gasteiger partial charge on any atom is -0.480 e. The predicted octanol–water partition coefficient (Wildman–Crippen LogP) is 0.282. The third-order valence-corrected chi connectivity index (χ3v) is 4.40. The van der Waals surface area contributed by atoms with E-state index in [2.05, 4.69) is 5.32 Å². The summed E-state index contributed by atoms with van der Waals surface area (Å²) in [6.45, 7) is 5.20. The van der Waals surface area contributed by atoms with E-state index in [1.807, 2.05) is 13.8 Å². The van der Waals surface area contributed by atoms with Gasteiger partial charge in [-0.1, -0.05) is 0 Å². The molecule has 0 aromatic heterocycles. The number of carbonyl (C=O) groups excluding carboxylic acids is 1. The fourth-order valence-corrected chi connectivity index (χ4v) is 3.46. The number of nitrogens with one attached hydrogen (secondary N) is 1. The van der Waals surface area contributed by atoms with Crippen molar-refractivity contribution < 1.29 is 23.6 Å². The molecule has 110 valence electrons. The van der Waals surface area contributed by atoms with Gasteiger partial charge in [-0.2, -0.15) is 0 Å². The smallest absolute Gasteiger partial charge is 0.327 e. The number of carboxylic acid groups (broad SMARTS) is 1. The molecule has 7 heteroatoms. The van der Waals surface area contributed by atoms with Crippen molar-refractivity contribution in [1.82, 2.24) is 5.32 Å².